The molecule has 0 aromatic heterocycles. The van der Waals surface area contributed by atoms with Gasteiger partial charge in [0.25, 0.3) is 10.1 Å². The summed E-state index contributed by atoms with van der Waals surface area (Å²) in [5, 5.41) is 1.58. The SMILES string of the molecule is CCCCc1cc(CCCC)c2cccc(S(=O)(=O)O)c2c1. The molecule has 0 aliphatic rings. The summed E-state index contributed by atoms with van der Waals surface area (Å²) in [4.78, 5) is 0.0149. The summed E-state index contributed by atoms with van der Waals surface area (Å²) < 4.78 is 32.8. The number of hydrogen-bond acceptors (Lipinski definition) is 2. The van der Waals surface area contributed by atoms with E-state index in [2.05, 4.69) is 19.9 Å². The van der Waals surface area contributed by atoms with Gasteiger partial charge in [0.2, 0.25) is 0 Å². The predicted molar refractivity (Wildman–Crippen MR) is 91.0 cm³/mol. The minimum absolute atomic E-state index is 0.0149. The van der Waals surface area contributed by atoms with Crippen LogP contribution in [0.5, 0.6) is 0 Å². The molecular weight excluding hydrogens is 296 g/mol. The standard InChI is InChI=1S/C18H24O3S/c1-3-5-8-14-12-15(9-6-4-2)16-10-7-11-18(17(16)13-14)22(19,20)21/h7,10-13H,3-6,8-9H2,1-2H3,(H,19,20,21). The largest absolute Gasteiger partial charge is 0.295 e. The van der Waals surface area contributed by atoms with Crippen molar-refractivity contribution in [2.45, 2.75) is 57.3 Å². The van der Waals surface area contributed by atoms with Gasteiger partial charge in [-0.1, -0.05) is 44.9 Å². The lowest BCUT2D eigenvalue weighted by Crippen LogP contribution is -2.01. The van der Waals surface area contributed by atoms with Gasteiger partial charge in [-0.3, -0.25) is 4.55 Å². The fourth-order valence-corrected chi connectivity index (χ4v) is 3.52. The summed E-state index contributed by atoms with van der Waals surface area (Å²) in [6.07, 6.45) is 6.21. The second kappa shape index (κ2) is 7.25. The molecule has 3 nitrogen and oxygen atoms in total. The van der Waals surface area contributed by atoms with Crippen molar-refractivity contribution in [2.24, 2.45) is 0 Å². The van der Waals surface area contributed by atoms with Gasteiger partial charge >= 0.3 is 0 Å². The zero-order valence-electron chi connectivity index (χ0n) is 13.3. The first-order valence-corrected chi connectivity index (χ1v) is 9.43. The van der Waals surface area contributed by atoms with Gasteiger partial charge in [0, 0.05) is 5.39 Å². The fraction of sp³-hybridized carbons (Fsp3) is 0.444. The molecule has 0 atom stereocenters. The highest BCUT2D eigenvalue weighted by molar-refractivity contribution is 7.86. The molecule has 1 N–H and O–H groups in total. The van der Waals surface area contributed by atoms with E-state index >= 15 is 0 Å². The van der Waals surface area contributed by atoms with Crippen molar-refractivity contribution in [3.8, 4) is 0 Å². The van der Waals surface area contributed by atoms with Gasteiger partial charge in [-0.15, -0.1) is 0 Å². The third kappa shape index (κ3) is 3.87. The monoisotopic (exact) mass is 320 g/mol. The molecule has 2 rings (SSSR count). The second-order valence-corrected chi connectivity index (χ2v) is 7.18. The number of rotatable bonds is 7. The molecule has 0 saturated heterocycles. The lowest BCUT2D eigenvalue weighted by atomic mass is 9.95. The first-order chi connectivity index (χ1) is 10.5. The molecule has 22 heavy (non-hydrogen) atoms. The van der Waals surface area contributed by atoms with Crippen LogP contribution in [0.1, 0.15) is 50.7 Å². The normalized spacial score (nSPS) is 12.0. The molecule has 0 radical (unpaired) electrons. The Labute approximate surface area is 133 Å². The molecule has 0 saturated carbocycles. The van der Waals surface area contributed by atoms with Gasteiger partial charge in [-0.2, -0.15) is 8.42 Å². The highest BCUT2D eigenvalue weighted by Gasteiger charge is 2.16. The summed E-state index contributed by atoms with van der Waals surface area (Å²) in [5.74, 6) is 0. The minimum Gasteiger partial charge on any atom is -0.282 e. The second-order valence-electron chi connectivity index (χ2n) is 5.79. The van der Waals surface area contributed by atoms with Crippen LogP contribution in [0.3, 0.4) is 0 Å². The smallest absolute Gasteiger partial charge is 0.282 e. The predicted octanol–water partition coefficient (Wildman–Crippen LogP) is 4.77. The minimum atomic E-state index is -4.20. The van der Waals surface area contributed by atoms with E-state index in [4.69, 9.17) is 0 Å². The zero-order chi connectivity index (χ0) is 16.2. The number of hydrogen-bond donors (Lipinski definition) is 1. The molecule has 0 heterocycles. The van der Waals surface area contributed by atoms with Crippen molar-refractivity contribution >= 4 is 20.9 Å². The molecular formula is C18H24O3S. The van der Waals surface area contributed by atoms with Crippen molar-refractivity contribution in [2.75, 3.05) is 0 Å². The molecule has 2 aromatic carbocycles. The van der Waals surface area contributed by atoms with Crippen molar-refractivity contribution in [1.29, 1.82) is 0 Å². The maximum absolute atomic E-state index is 11.7. The van der Waals surface area contributed by atoms with Crippen LogP contribution in [0.15, 0.2) is 35.2 Å². The van der Waals surface area contributed by atoms with Crippen molar-refractivity contribution in [3.63, 3.8) is 0 Å². The maximum atomic E-state index is 11.7. The summed E-state index contributed by atoms with van der Waals surface area (Å²) in [5.41, 5.74) is 2.33. The molecule has 0 fully saturated rings. The van der Waals surface area contributed by atoms with E-state index in [-0.39, 0.29) is 4.90 Å². The number of benzene rings is 2. The van der Waals surface area contributed by atoms with Gasteiger partial charge in [0.15, 0.2) is 0 Å². The molecule has 120 valence electrons. The van der Waals surface area contributed by atoms with E-state index in [1.54, 1.807) is 6.07 Å². The number of fused-ring (bicyclic) bond motifs is 1. The van der Waals surface area contributed by atoms with E-state index in [1.165, 1.54) is 11.6 Å². The Kier molecular flexibility index (Phi) is 5.59. The maximum Gasteiger partial charge on any atom is 0.295 e. The first kappa shape index (κ1) is 17.0. The van der Waals surface area contributed by atoms with E-state index in [0.717, 1.165) is 49.5 Å². The molecule has 0 unspecified atom stereocenters. The van der Waals surface area contributed by atoms with Gasteiger partial charge < -0.3 is 0 Å². The van der Waals surface area contributed by atoms with Crippen molar-refractivity contribution < 1.29 is 13.0 Å². The van der Waals surface area contributed by atoms with Crippen LogP contribution >= 0.6 is 0 Å². The van der Waals surface area contributed by atoms with E-state index in [9.17, 15) is 13.0 Å². The topological polar surface area (TPSA) is 54.4 Å². The van der Waals surface area contributed by atoms with Crippen LogP contribution in [0, 0.1) is 0 Å². The molecule has 0 bridgehead atoms. The van der Waals surface area contributed by atoms with Gasteiger partial charge in [0.1, 0.15) is 4.90 Å². The van der Waals surface area contributed by atoms with Crippen LogP contribution in [-0.2, 0) is 23.0 Å². The molecule has 0 aliphatic carbocycles. The van der Waals surface area contributed by atoms with Gasteiger partial charge in [-0.05, 0) is 54.3 Å². The van der Waals surface area contributed by atoms with E-state index in [1.807, 2.05) is 12.1 Å². The van der Waals surface area contributed by atoms with Crippen molar-refractivity contribution in [3.05, 3.63) is 41.5 Å². The molecule has 2 aromatic rings. The van der Waals surface area contributed by atoms with E-state index < -0.39 is 10.1 Å². The highest BCUT2D eigenvalue weighted by atomic mass is 32.2. The van der Waals surface area contributed by atoms with Gasteiger partial charge in [0.05, 0.1) is 0 Å². The summed E-state index contributed by atoms with van der Waals surface area (Å²) in [7, 11) is -4.20. The Morgan fingerprint density at radius 1 is 0.955 bits per heavy atom. The Morgan fingerprint density at radius 2 is 1.64 bits per heavy atom. The average Bonchev–Trinajstić information content (AvgIpc) is 2.48. The van der Waals surface area contributed by atoms with Crippen LogP contribution < -0.4 is 0 Å². The van der Waals surface area contributed by atoms with Crippen LogP contribution in [0.2, 0.25) is 0 Å². The quantitative estimate of drug-likeness (QED) is 0.747. The molecule has 0 amide bonds. The number of aryl methyl sites for hydroxylation is 2. The van der Waals surface area contributed by atoms with Crippen LogP contribution in [0.25, 0.3) is 10.8 Å². The summed E-state index contributed by atoms with van der Waals surface area (Å²) >= 11 is 0. The lowest BCUT2D eigenvalue weighted by Gasteiger charge is -2.12. The summed E-state index contributed by atoms with van der Waals surface area (Å²) in [6.45, 7) is 4.29. The fourth-order valence-electron chi connectivity index (χ4n) is 2.83. The van der Waals surface area contributed by atoms with Crippen LogP contribution in [0.4, 0.5) is 0 Å². The molecule has 0 aliphatic heterocycles. The Morgan fingerprint density at radius 3 is 2.27 bits per heavy atom. The van der Waals surface area contributed by atoms with Crippen LogP contribution in [-0.4, -0.2) is 13.0 Å². The van der Waals surface area contributed by atoms with Crippen molar-refractivity contribution in [1.82, 2.24) is 0 Å². The van der Waals surface area contributed by atoms with Gasteiger partial charge in [-0.25, -0.2) is 0 Å². The van der Waals surface area contributed by atoms with E-state index in [0.29, 0.717) is 5.39 Å². The Hall–Kier alpha value is -1.39. The number of unbranched alkanes of at least 4 members (excludes halogenated alkanes) is 2. The lowest BCUT2D eigenvalue weighted by molar-refractivity contribution is 0.484. The first-order valence-electron chi connectivity index (χ1n) is 7.99. The zero-order valence-corrected chi connectivity index (χ0v) is 14.1. The Balaban J connectivity index is 2.65. The Bertz CT molecular complexity index is 748. The molecule has 0 spiro atoms. The molecule has 4 heteroatoms. The third-order valence-electron chi connectivity index (χ3n) is 4.00. The summed E-state index contributed by atoms with van der Waals surface area (Å²) in [6, 6.07) is 9.24. The average molecular weight is 320 g/mol. The highest BCUT2D eigenvalue weighted by Crippen LogP contribution is 2.29. The third-order valence-corrected chi connectivity index (χ3v) is 4.91.